The third-order valence-electron chi connectivity index (χ3n) is 2.44. The van der Waals surface area contributed by atoms with Gasteiger partial charge in [-0.25, -0.2) is 0 Å². The Morgan fingerprint density at radius 3 is 2.93 bits per heavy atom. The molecule has 3 N–H and O–H groups in total. The maximum atomic E-state index is 11.7. The highest BCUT2D eigenvalue weighted by Crippen LogP contribution is 2.00. The van der Waals surface area contributed by atoms with Crippen molar-refractivity contribution >= 4 is 5.91 Å². The van der Waals surface area contributed by atoms with Crippen LogP contribution in [-0.4, -0.2) is 30.0 Å². The lowest BCUT2D eigenvalue weighted by atomic mass is 10.2. The normalized spacial score (nSPS) is 20.1. The Morgan fingerprint density at radius 2 is 2.33 bits per heavy atom. The van der Waals surface area contributed by atoms with Gasteiger partial charge in [0.2, 0.25) is 5.56 Å². The van der Waals surface area contributed by atoms with E-state index in [4.69, 9.17) is 0 Å². The van der Waals surface area contributed by atoms with Crippen LogP contribution in [0.25, 0.3) is 0 Å². The van der Waals surface area contributed by atoms with Crippen LogP contribution >= 0.6 is 0 Å². The average Bonchev–Trinajstić information content (AvgIpc) is 2.71. The Hall–Kier alpha value is -1.62. The van der Waals surface area contributed by atoms with Gasteiger partial charge in [-0.2, -0.15) is 0 Å². The third-order valence-corrected chi connectivity index (χ3v) is 2.44. The van der Waals surface area contributed by atoms with Crippen LogP contribution in [-0.2, 0) is 0 Å². The molecule has 5 heteroatoms. The molecule has 2 rings (SSSR count). The summed E-state index contributed by atoms with van der Waals surface area (Å²) in [4.78, 5) is 24.9. The molecule has 1 aliphatic rings. The number of pyridine rings is 1. The highest BCUT2D eigenvalue weighted by atomic mass is 16.2. The van der Waals surface area contributed by atoms with Crippen LogP contribution in [0.15, 0.2) is 23.1 Å². The molecule has 1 aliphatic heterocycles. The SMILES string of the molecule is O=C(N[C@@H]1CCNC1)c1ccc(=O)[nH]c1. The second-order valence-electron chi connectivity index (χ2n) is 3.60. The van der Waals surface area contributed by atoms with Gasteiger partial charge in [0.1, 0.15) is 0 Å². The molecule has 15 heavy (non-hydrogen) atoms. The molecular weight excluding hydrogens is 194 g/mol. The van der Waals surface area contributed by atoms with E-state index >= 15 is 0 Å². The lowest BCUT2D eigenvalue weighted by molar-refractivity contribution is 0.0939. The highest BCUT2D eigenvalue weighted by molar-refractivity contribution is 5.94. The first-order valence-electron chi connectivity index (χ1n) is 4.96. The molecule has 1 atom stereocenters. The van der Waals surface area contributed by atoms with Crippen molar-refractivity contribution in [3.05, 3.63) is 34.2 Å². The molecule has 0 saturated carbocycles. The number of hydrogen-bond acceptors (Lipinski definition) is 3. The molecule has 0 radical (unpaired) electrons. The van der Waals surface area contributed by atoms with Crippen molar-refractivity contribution in [2.24, 2.45) is 0 Å². The maximum absolute atomic E-state index is 11.7. The van der Waals surface area contributed by atoms with Crippen LogP contribution in [0.3, 0.4) is 0 Å². The number of rotatable bonds is 2. The largest absolute Gasteiger partial charge is 0.348 e. The van der Waals surface area contributed by atoms with Gasteiger partial charge in [-0.1, -0.05) is 0 Å². The molecule has 0 bridgehead atoms. The summed E-state index contributed by atoms with van der Waals surface area (Å²) >= 11 is 0. The van der Waals surface area contributed by atoms with Crippen molar-refractivity contribution in [2.45, 2.75) is 12.5 Å². The molecule has 1 fully saturated rings. The summed E-state index contributed by atoms with van der Waals surface area (Å²) in [6, 6.07) is 3.07. The molecule has 1 amide bonds. The van der Waals surface area contributed by atoms with Crippen molar-refractivity contribution < 1.29 is 4.79 Å². The van der Waals surface area contributed by atoms with E-state index in [-0.39, 0.29) is 17.5 Å². The molecule has 1 aromatic rings. The Labute approximate surface area is 86.9 Å². The van der Waals surface area contributed by atoms with E-state index in [0.717, 1.165) is 19.5 Å². The van der Waals surface area contributed by atoms with Gasteiger partial charge >= 0.3 is 0 Å². The number of H-pyrrole nitrogens is 1. The van der Waals surface area contributed by atoms with Gasteiger partial charge in [0, 0.05) is 24.8 Å². The fourth-order valence-corrected chi connectivity index (χ4v) is 1.60. The lowest BCUT2D eigenvalue weighted by Gasteiger charge is -2.10. The maximum Gasteiger partial charge on any atom is 0.253 e. The van der Waals surface area contributed by atoms with E-state index in [1.54, 1.807) is 0 Å². The van der Waals surface area contributed by atoms with Gasteiger partial charge in [-0.15, -0.1) is 0 Å². The number of aromatic amines is 1. The summed E-state index contributed by atoms with van der Waals surface area (Å²) in [5.41, 5.74) is 0.288. The number of nitrogens with one attached hydrogen (secondary N) is 3. The fraction of sp³-hybridized carbons (Fsp3) is 0.400. The summed E-state index contributed by atoms with van der Waals surface area (Å²) in [6.07, 6.45) is 2.38. The minimum absolute atomic E-state index is 0.139. The van der Waals surface area contributed by atoms with Crippen molar-refractivity contribution in [1.29, 1.82) is 0 Å². The van der Waals surface area contributed by atoms with E-state index in [0.29, 0.717) is 5.56 Å². The van der Waals surface area contributed by atoms with Crippen LogP contribution in [0.1, 0.15) is 16.8 Å². The molecule has 0 aromatic carbocycles. The van der Waals surface area contributed by atoms with E-state index < -0.39 is 0 Å². The second kappa shape index (κ2) is 4.27. The zero-order valence-electron chi connectivity index (χ0n) is 8.25. The zero-order chi connectivity index (χ0) is 10.7. The number of aromatic nitrogens is 1. The summed E-state index contributed by atoms with van der Waals surface area (Å²) in [5.74, 6) is -0.139. The van der Waals surface area contributed by atoms with Crippen LogP contribution in [0, 0.1) is 0 Å². The monoisotopic (exact) mass is 207 g/mol. The Balaban J connectivity index is 2.01. The van der Waals surface area contributed by atoms with Crippen molar-refractivity contribution in [3.8, 4) is 0 Å². The van der Waals surface area contributed by atoms with E-state index in [2.05, 4.69) is 15.6 Å². The minimum Gasteiger partial charge on any atom is -0.348 e. The summed E-state index contributed by atoms with van der Waals surface area (Å²) < 4.78 is 0. The molecule has 0 aliphatic carbocycles. The van der Waals surface area contributed by atoms with Crippen LogP contribution in [0.4, 0.5) is 0 Å². The van der Waals surface area contributed by atoms with Gasteiger partial charge in [0.15, 0.2) is 0 Å². The lowest BCUT2D eigenvalue weighted by Crippen LogP contribution is -2.36. The second-order valence-corrected chi connectivity index (χ2v) is 3.60. The number of amides is 1. The Bertz CT molecular complexity index is 387. The number of hydrogen-bond donors (Lipinski definition) is 3. The summed E-state index contributed by atoms with van der Waals surface area (Å²) in [6.45, 7) is 1.76. The number of carbonyl (C=O) groups excluding carboxylic acids is 1. The van der Waals surface area contributed by atoms with Gasteiger partial charge in [-0.3, -0.25) is 9.59 Å². The third kappa shape index (κ3) is 2.44. The Morgan fingerprint density at radius 1 is 1.47 bits per heavy atom. The predicted octanol–water partition coefficient (Wildman–Crippen LogP) is -0.533. The van der Waals surface area contributed by atoms with E-state index in [9.17, 15) is 9.59 Å². The van der Waals surface area contributed by atoms with E-state index in [1.165, 1.54) is 18.3 Å². The zero-order valence-corrected chi connectivity index (χ0v) is 8.25. The topological polar surface area (TPSA) is 74.0 Å². The average molecular weight is 207 g/mol. The van der Waals surface area contributed by atoms with Crippen molar-refractivity contribution in [1.82, 2.24) is 15.6 Å². The summed E-state index contributed by atoms with van der Waals surface area (Å²) in [7, 11) is 0. The highest BCUT2D eigenvalue weighted by Gasteiger charge is 2.17. The molecule has 80 valence electrons. The van der Waals surface area contributed by atoms with Gasteiger partial charge in [0.25, 0.3) is 5.91 Å². The first kappa shape index (κ1) is 9.92. The fourth-order valence-electron chi connectivity index (χ4n) is 1.60. The Kier molecular flexibility index (Phi) is 2.82. The first-order valence-corrected chi connectivity index (χ1v) is 4.96. The van der Waals surface area contributed by atoms with Crippen molar-refractivity contribution in [3.63, 3.8) is 0 Å². The van der Waals surface area contributed by atoms with Crippen molar-refractivity contribution in [2.75, 3.05) is 13.1 Å². The minimum atomic E-state index is -0.200. The van der Waals surface area contributed by atoms with Crippen LogP contribution < -0.4 is 16.2 Å². The predicted molar refractivity (Wildman–Crippen MR) is 55.8 cm³/mol. The molecule has 1 aromatic heterocycles. The quantitative estimate of drug-likeness (QED) is 0.610. The van der Waals surface area contributed by atoms with Gasteiger partial charge in [-0.05, 0) is 19.0 Å². The standard InChI is InChI=1S/C10H13N3O2/c14-9-2-1-7(5-12-9)10(15)13-8-3-4-11-6-8/h1-2,5,8,11H,3-4,6H2,(H,12,14)(H,13,15)/t8-/m1/s1. The van der Waals surface area contributed by atoms with Crippen LogP contribution in [0.5, 0.6) is 0 Å². The molecule has 1 saturated heterocycles. The molecule has 2 heterocycles. The first-order chi connectivity index (χ1) is 7.25. The smallest absolute Gasteiger partial charge is 0.253 e. The van der Waals surface area contributed by atoms with Gasteiger partial charge in [0.05, 0.1) is 5.56 Å². The molecule has 0 spiro atoms. The summed E-state index contributed by atoms with van der Waals surface area (Å²) in [5, 5.41) is 6.06. The van der Waals surface area contributed by atoms with Gasteiger partial charge < -0.3 is 15.6 Å². The molecule has 5 nitrogen and oxygen atoms in total. The van der Waals surface area contributed by atoms with Crippen LogP contribution in [0.2, 0.25) is 0 Å². The molecular formula is C10H13N3O2. The molecule has 0 unspecified atom stereocenters. The van der Waals surface area contributed by atoms with E-state index in [1.807, 2.05) is 0 Å². The number of carbonyl (C=O) groups is 1.